The number of nitrogens with zero attached hydrogens (tertiary/aromatic N) is 1. The lowest BCUT2D eigenvalue weighted by Crippen LogP contribution is -2.52. The molecule has 0 bridgehead atoms. The Bertz CT molecular complexity index is 486. The van der Waals surface area contributed by atoms with Crippen LogP contribution in [0.15, 0.2) is 30.3 Å². The molecule has 20 heavy (non-hydrogen) atoms. The minimum Gasteiger partial charge on any atom is -0.444 e. The van der Waals surface area contributed by atoms with Crippen LogP contribution in [0.2, 0.25) is 0 Å². The number of carbonyl (C=O) groups is 2. The van der Waals surface area contributed by atoms with Gasteiger partial charge in [0.15, 0.2) is 0 Å². The summed E-state index contributed by atoms with van der Waals surface area (Å²) in [5, 5.41) is 0. The zero-order chi connectivity index (χ0) is 14.7. The molecule has 0 spiro atoms. The Morgan fingerprint density at radius 2 is 1.90 bits per heavy atom. The summed E-state index contributed by atoms with van der Waals surface area (Å²) in [4.78, 5) is 25.4. The quantitative estimate of drug-likeness (QED) is 0.832. The first kappa shape index (κ1) is 14.6. The summed E-state index contributed by atoms with van der Waals surface area (Å²) in [7, 11) is 0. The zero-order valence-corrected chi connectivity index (χ0v) is 12.2. The zero-order valence-electron chi connectivity index (χ0n) is 12.2. The molecule has 0 aromatic heterocycles. The van der Waals surface area contributed by atoms with E-state index in [-0.39, 0.29) is 24.5 Å². The minimum atomic E-state index is -0.537. The Balaban J connectivity index is 1.99. The maximum atomic E-state index is 12.1. The van der Waals surface area contributed by atoms with Crippen LogP contribution in [-0.4, -0.2) is 22.9 Å². The van der Waals surface area contributed by atoms with E-state index >= 15 is 0 Å². The maximum absolute atomic E-state index is 12.1. The van der Waals surface area contributed by atoms with E-state index in [1.165, 1.54) is 4.90 Å². The van der Waals surface area contributed by atoms with Gasteiger partial charge in [0.2, 0.25) is 5.91 Å². The third-order valence-electron chi connectivity index (χ3n) is 4.23. The predicted molar refractivity (Wildman–Crippen MR) is 75.9 cm³/mol. The van der Waals surface area contributed by atoms with Gasteiger partial charge in [-0.3, -0.25) is 4.79 Å². The van der Waals surface area contributed by atoms with Crippen molar-refractivity contribution in [1.29, 1.82) is 0 Å². The molecule has 2 rings (SSSR count). The molecule has 1 fully saturated rings. The van der Waals surface area contributed by atoms with Crippen molar-refractivity contribution >= 4 is 12.0 Å². The molecule has 0 aliphatic carbocycles. The van der Waals surface area contributed by atoms with Crippen molar-refractivity contribution in [3.8, 4) is 0 Å². The number of amides is 2. The van der Waals surface area contributed by atoms with Gasteiger partial charge in [-0.15, -0.1) is 0 Å². The van der Waals surface area contributed by atoms with Crippen LogP contribution in [0.25, 0.3) is 0 Å². The third-order valence-corrected chi connectivity index (χ3v) is 4.23. The fourth-order valence-corrected chi connectivity index (χ4v) is 2.55. The Morgan fingerprint density at radius 1 is 1.25 bits per heavy atom. The average Bonchev–Trinajstić information content (AvgIpc) is 2.44. The van der Waals surface area contributed by atoms with Crippen molar-refractivity contribution in [3.05, 3.63) is 35.9 Å². The smallest absolute Gasteiger partial charge is 0.417 e. The number of carbonyl (C=O) groups excluding carboxylic acids is 2. The van der Waals surface area contributed by atoms with Gasteiger partial charge in [0.05, 0.1) is 0 Å². The van der Waals surface area contributed by atoms with Crippen molar-refractivity contribution in [3.63, 3.8) is 0 Å². The molecule has 1 aromatic rings. The fourth-order valence-electron chi connectivity index (χ4n) is 2.55. The Labute approximate surface area is 119 Å². The van der Waals surface area contributed by atoms with Gasteiger partial charge >= 0.3 is 6.09 Å². The monoisotopic (exact) mass is 275 g/mol. The van der Waals surface area contributed by atoms with Gasteiger partial charge < -0.3 is 4.74 Å². The molecule has 0 saturated carbocycles. The summed E-state index contributed by atoms with van der Waals surface area (Å²) in [6.07, 6.45) is -0.128. The molecule has 2 amide bonds. The lowest BCUT2D eigenvalue weighted by molar-refractivity contribution is -0.137. The topological polar surface area (TPSA) is 46.6 Å². The normalized spacial score (nSPS) is 26.4. The van der Waals surface area contributed by atoms with Gasteiger partial charge in [0.1, 0.15) is 6.61 Å². The van der Waals surface area contributed by atoms with Crippen molar-refractivity contribution in [2.45, 2.75) is 39.8 Å². The molecule has 0 radical (unpaired) electrons. The lowest BCUT2D eigenvalue weighted by atomic mass is 9.83. The van der Waals surface area contributed by atoms with Crippen LogP contribution in [0.3, 0.4) is 0 Å². The number of rotatable bonds is 2. The second-order valence-electron chi connectivity index (χ2n) is 5.59. The highest BCUT2D eigenvalue weighted by Crippen LogP contribution is 2.29. The number of piperidine rings is 1. The molecular weight excluding hydrogens is 254 g/mol. The molecule has 3 atom stereocenters. The number of hydrogen-bond donors (Lipinski definition) is 0. The summed E-state index contributed by atoms with van der Waals surface area (Å²) in [5.74, 6) is 0.453. The van der Waals surface area contributed by atoms with Crippen molar-refractivity contribution in [1.82, 2.24) is 4.90 Å². The highest BCUT2D eigenvalue weighted by molar-refractivity contribution is 5.93. The number of imide groups is 1. The van der Waals surface area contributed by atoms with Crippen molar-refractivity contribution in [2.75, 3.05) is 0 Å². The van der Waals surface area contributed by atoms with E-state index in [0.29, 0.717) is 12.3 Å². The van der Waals surface area contributed by atoms with Crippen LogP contribution in [-0.2, 0) is 16.1 Å². The SMILES string of the molecule is CC1C(C)N(C(=O)OCc2ccccc2)C(=O)C[C@H]1C. The van der Waals surface area contributed by atoms with Crippen LogP contribution < -0.4 is 0 Å². The van der Waals surface area contributed by atoms with Gasteiger partial charge in [0, 0.05) is 12.5 Å². The first-order valence-electron chi connectivity index (χ1n) is 7.03. The van der Waals surface area contributed by atoms with E-state index < -0.39 is 6.09 Å². The van der Waals surface area contributed by atoms with Gasteiger partial charge in [-0.2, -0.15) is 0 Å². The Kier molecular flexibility index (Phi) is 4.42. The van der Waals surface area contributed by atoms with Gasteiger partial charge in [-0.1, -0.05) is 44.2 Å². The molecular formula is C16H21NO3. The average molecular weight is 275 g/mol. The molecule has 108 valence electrons. The van der Waals surface area contributed by atoms with E-state index in [4.69, 9.17) is 4.74 Å². The number of ether oxygens (including phenoxy) is 1. The molecule has 2 unspecified atom stereocenters. The molecule has 1 heterocycles. The second-order valence-corrected chi connectivity index (χ2v) is 5.59. The van der Waals surface area contributed by atoms with Crippen LogP contribution in [0.5, 0.6) is 0 Å². The van der Waals surface area contributed by atoms with Crippen LogP contribution in [0.1, 0.15) is 32.8 Å². The molecule has 1 aromatic carbocycles. The number of hydrogen-bond acceptors (Lipinski definition) is 3. The molecule has 1 aliphatic rings. The van der Waals surface area contributed by atoms with Gasteiger partial charge in [-0.05, 0) is 24.3 Å². The van der Waals surface area contributed by atoms with E-state index in [0.717, 1.165) is 5.56 Å². The third kappa shape index (κ3) is 3.00. The summed E-state index contributed by atoms with van der Waals surface area (Å²) in [6.45, 7) is 6.22. The first-order chi connectivity index (χ1) is 9.50. The van der Waals surface area contributed by atoms with Crippen LogP contribution in [0, 0.1) is 11.8 Å². The predicted octanol–water partition coefficient (Wildman–Crippen LogP) is 3.22. The molecule has 1 saturated heterocycles. The standard InChI is InChI=1S/C16H21NO3/c1-11-9-15(18)17(13(3)12(11)2)16(19)20-10-14-7-5-4-6-8-14/h4-8,11-13H,9-10H2,1-3H3/t11-,12?,13?/m1/s1. The maximum Gasteiger partial charge on any atom is 0.417 e. The summed E-state index contributed by atoms with van der Waals surface area (Å²) in [5.41, 5.74) is 0.916. The second kappa shape index (κ2) is 6.07. The number of benzene rings is 1. The Morgan fingerprint density at radius 3 is 2.55 bits per heavy atom. The largest absolute Gasteiger partial charge is 0.444 e. The first-order valence-corrected chi connectivity index (χ1v) is 7.03. The fraction of sp³-hybridized carbons (Fsp3) is 0.500. The summed E-state index contributed by atoms with van der Waals surface area (Å²) < 4.78 is 5.26. The Hall–Kier alpha value is -1.84. The minimum absolute atomic E-state index is 0.116. The molecule has 1 aliphatic heterocycles. The van der Waals surface area contributed by atoms with Crippen molar-refractivity contribution in [2.24, 2.45) is 11.8 Å². The van der Waals surface area contributed by atoms with Crippen LogP contribution >= 0.6 is 0 Å². The number of likely N-dealkylation sites (tertiary alicyclic amines) is 1. The van der Waals surface area contributed by atoms with E-state index in [2.05, 4.69) is 6.92 Å². The van der Waals surface area contributed by atoms with E-state index in [1.807, 2.05) is 44.2 Å². The molecule has 4 nitrogen and oxygen atoms in total. The van der Waals surface area contributed by atoms with Crippen LogP contribution in [0.4, 0.5) is 4.79 Å². The summed E-state index contributed by atoms with van der Waals surface area (Å²) >= 11 is 0. The molecule has 0 N–H and O–H groups in total. The van der Waals surface area contributed by atoms with Crippen molar-refractivity contribution < 1.29 is 14.3 Å². The van der Waals surface area contributed by atoms with Gasteiger partial charge in [-0.25, -0.2) is 9.69 Å². The highest BCUT2D eigenvalue weighted by atomic mass is 16.6. The lowest BCUT2D eigenvalue weighted by Gasteiger charge is -2.39. The molecule has 4 heteroatoms. The van der Waals surface area contributed by atoms with E-state index in [9.17, 15) is 9.59 Å². The highest BCUT2D eigenvalue weighted by Gasteiger charge is 2.39. The van der Waals surface area contributed by atoms with Gasteiger partial charge in [0.25, 0.3) is 0 Å². The summed E-state index contributed by atoms with van der Waals surface area (Å²) in [6, 6.07) is 9.35. The van der Waals surface area contributed by atoms with E-state index in [1.54, 1.807) is 0 Å².